The summed E-state index contributed by atoms with van der Waals surface area (Å²) in [5.41, 5.74) is 0.406. The summed E-state index contributed by atoms with van der Waals surface area (Å²) in [7, 11) is 1.54. The van der Waals surface area contributed by atoms with Crippen molar-refractivity contribution in [1.29, 1.82) is 0 Å². The molecule has 1 atom stereocenters. The second kappa shape index (κ2) is 10.0. The summed E-state index contributed by atoms with van der Waals surface area (Å²) in [6.45, 7) is -0.0141. The molecule has 7 nitrogen and oxygen atoms in total. The lowest BCUT2D eigenvalue weighted by Crippen LogP contribution is -2.32. The van der Waals surface area contributed by atoms with E-state index in [1.165, 1.54) is 0 Å². The van der Waals surface area contributed by atoms with Gasteiger partial charge < -0.3 is 24.6 Å². The van der Waals surface area contributed by atoms with Gasteiger partial charge in [0.1, 0.15) is 6.61 Å². The van der Waals surface area contributed by atoms with Crippen molar-refractivity contribution in [1.82, 2.24) is 5.32 Å². The SMILES string of the molecule is COc1ccccc1OCCNC(=O)COC(=O)[C@H](O)c1ccccc1. The van der Waals surface area contributed by atoms with Gasteiger partial charge in [-0.15, -0.1) is 0 Å². The van der Waals surface area contributed by atoms with Crippen LogP contribution < -0.4 is 14.8 Å². The molecule has 2 N–H and O–H groups in total. The third-order valence-corrected chi connectivity index (χ3v) is 3.43. The molecule has 2 aromatic carbocycles. The Balaban J connectivity index is 1.66. The molecule has 0 heterocycles. The summed E-state index contributed by atoms with van der Waals surface area (Å²) in [5.74, 6) is -0.192. The number of benzene rings is 2. The number of aliphatic hydroxyl groups excluding tert-OH is 1. The van der Waals surface area contributed by atoms with E-state index in [1.807, 2.05) is 12.1 Å². The zero-order chi connectivity index (χ0) is 18.8. The first kappa shape index (κ1) is 19.3. The number of rotatable bonds is 9. The lowest BCUT2D eigenvalue weighted by molar-refractivity contribution is -0.157. The molecule has 138 valence electrons. The molecule has 0 saturated heterocycles. The van der Waals surface area contributed by atoms with E-state index in [2.05, 4.69) is 5.32 Å². The lowest BCUT2D eigenvalue weighted by atomic mass is 10.1. The van der Waals surface area contributed by atoms with Crippen LogP contribution in [-0.2, 0) is 14.3 Å². The van der Waals surface area contributed by atoms with Crippen LogP contribution in [0.2, 0.25) is 0 Å². The first-order valence-corrected chi connectivity index (χ1v) is 8.04. The fraction of sp³-hybridized carbons (Fsp3) is 0.263. The normalized spacial score (nSPS) is 11.3. The molecule has 26 heavy (non-hydrogen) atoms. The molecule has 0 fully saturated rings. The number of carbonyl (C=O) groups excluding carboxylic acids is 2. The molecule has 0 spiro atoms. The van der Waals surface area contributed by atoms with Crippen LogP contribution in [0, 0.1) is 0 Å². The molecule has 7 heteroatoms. The van der Waals surface area contributed by atoms with E-state index in [0.717, 1.165) is 0 Å². The maximum atomic E-state index is 11.7. The van der Waals surface area contributed by atoms with E-state index in [0.29, 0.717) is 17.1 Å². The Morgan fingerprint density at radius 1 is 1.04 bits per heavy atom. The van der Waals surface area contributed by atoms with Crippen LogP contribution in [0.1, 0.15) is 11.7 Å². The van der Waals surface area contributed by atoms with Crippen LogP contribution in [-0.4, -0.2) is 43.9 Å². The van der Waals surface area contributed by atoms with Crippen LogP contribution in [0.5, 0.6) is 11.5 Å². The second-order valence-electron chi connectivity index (χ2n) is 5.27. The standard InChI is InChI=1S/C19H21NO6/c1-24-15-9-5-6-10-16(15)25-12-11-20-17(21)13-26-19(23)18(22)14-7-3-2-4-8-14/h2-10,18,22H,11-13H2,1H3,(H,20,21)/t18-/m1/s1. The number of hydrogen-bond donors (Lipinski definition) is 2. The summed E-state index contributed by atoms with van der Waals surface area (Å²) in [6.07, 6.45) is -1.42. The number of ether oxygens (including phenoxy) is 3. The fourth-order valence-electron chi connectivity index (χ4n) is 2.13. The Bertz CT molecular complexity index is 719. The van der Waals surface area contributed by atoms with Gasteiger partial charge in [-0.2, -0.15) is 0 Å². The van der Waals surface area contributed by atoms with E-state index < -0.39 is 24.6 Å². The summed E-state index contributed by atoms with van der Waals surface area (Å²) < 4.78 is 15.5. The Hall–Kier alpha value is -3.06. The highest BCUT2D eigenvalue weighted by Crippen LogP contribution is 2.25. The molecule has 0 saturated carbocycles. The predicted octanol–water partition coefficient (Wildman–Crippen LogP) is 1.47. The average Bonchev–Trinajstić information content (AvgIpc) is 2.69. The molecule has 2 rings (SSSR count). The third kappa shape index (κ3) is 5.78. The minimum Gasteiger partial charge on any atom is -0.493 e. The maximum absolute atomic E-state index is 11.7. The number of para-hydroxylation sites is 2. The van der Waals surface area contributed by atoms with Gasteiger partial charge in [-0.3, -0.25) is 4.79 Å². The second-order valence-corrected chi connectivity index (χ2v) is 5.27. The minimum atomic E-state index is -1.42. The monoisotopic (exact) mass is 359 g/mol. The Labute approximate surface area is 151 Å². The largest absolute Gasteiger partial charge is 0.493 e. The van der Waals surface area contributed by atoms with Crippen molar-refractivity contribution >= 4 is 11.9 Å². The zero-order valence-corrected chi connectivity index (χ0v) is 14.4. The highest BCUT2D eigenvalue weighted by atomic mass is 16.6. The summed E-state index contributed by atoms with van der Waals surface area (Å²) in [4.78, 5) is 23.4. The van der Waals surface area contributed by atoms with Gasteiger partial charge in [0.2, 0.25) is 0 Å². The number of esters is 1. The van der Waals surface area contributed by atoms with Gasteiger partial charge in [0.25, 0.3) is 5.91 Å². The van der Waals surface area contributed by atoms with Crippen molar-refractivity contribution in [3.05, 3.63) is 60.2 Å². The molecular formula is C19H21NO6. The van der Waals surface area contributed by atoms with Crippen molar-refractivity contribution in [3.63, 3.8) is 0 Å². The summed E-state index contributed by atoms with van der Waals surface area (Å²) in [5, 5.41) is 12.4. The smallest absolute Gasteiger partial charge is 0.340 e. The van der Waals surface area contributed by atoms with Gasteiger partial charge >= 0.3 is 5.97 Å². The van der Waals surface area contributed by atoms with Gasteiger partial charge in [-0.1, -0.05) is 42.5 Å². The number of methoxy groups -OCH3 is 1. The van der Waals surface area contributed by atoms with E-state index in [9.17, 15) is 14.7 Å². The Kier molecular flexibility index (Phi) is 7.45. The molecular weight excluding hydrogens is 338 g/mol. The first-order valence-electron chi connectivity index (χ1n) is 8.04. The van der Waals surface area contributed by atoms with Crippen molar-refractivity contribution < 1.29 is 28.9 Å². The number of aliphatic hydroxyl groups is 1. The van der Waals surface area contributed by atoms with E-state index in [1.54, 1.807) is 49.6 Å². The summed E-state index contributed by atoms with van der Waals surface area (Å²) >= 11 is 0. The Morgan fingerprint density at radius 2 is 1.69 bits per heavy atom. The van der Waals surface area contributed by atoms with Crippen molar-refractivity contribution in [2.75, 3.05) is 26.9 Å². The highest BCUT2D eigenvalue weighted by molar-refractivity contribution is 5.82. The van der Waals surface area contributed by atoms with Crippen LogP contribution >= 0.6 is 0 Å². The molecule has 0 aliphatic rings. The molecule has 0 unspecified atom stereocenters. The molecule has 2 aromatic rings. The molecule has 0 bridgehead atoms. The van der Waals surface area contributed by atoms with Crippen molar-refractivity contribution in [2.45, 2.75) is 6.10 Å². The number of hydrogen-bond acceptors (Lipinski definition) is 6. The lowest BCUT2D eigenvalue weighted by Gasteiger charge is -2.12. The number of amides is 1. The molecule has 0 aliphatic heterocycles. The third-order valence-electron chi connectivity index (χ3n) is 3.43. The van der Waals surface area contributed by atoms with Gasteiger partial charge in [-0.05, 0) is 17.7 Å². The average molecular weight is 359 g/mol. The van der Waals surface area contributed by atoms with Gasteiger partial charge in [0.15, 0.2) is 24.2 Å². The topological polar surface area (TPSA) is 94.1 Å². The minimum absolute atomic E-state index is 0.229. The quantitative estimate of drug-likeness (QED) is 0.520. The maximum Gasteiger partial charge on any atom is 0.340 e. The van der Waals surface area contributed by atoms with E-state index in [-0.39, 0.29) is 13.2 Å². The van der Waals surface area contributed by atoms with Gasteiger partial charge in [0, 0.05) is 0 Å². The van der Waals surface area contributed by atoms with E-state index in [4.69, 9.17) is 14.2 Å². The van der Waals surface area contributed by atoms with E-state index >= 15 is 0 Å². The van der Waals surface area contributed by atoms with Crippen LogP contribution in [0.4, 0.5) is 0 Å². The molecule has 0 aliphatic carbocycles. The van der Waals surface area contributed by atoms with Gasteiger partial charge in [0.05, 0.1) is 13.7 Å². The number of nitrogens with one attached hydrogen (secondary N) is 1. The van der Waals surface area contributed by atoms with Gasteiger partial charge in [-0.25, -0.2) is 4.79 Å². The van der Waals surface area contributed by atoms with Crippen molar-refractivity contribution in [2.24, 2.45) is 0 Å². The molecule has 1 amide bonds. The van der Waals surface area contributed by atoms with Crippen molar-refractivity contribution in [3.8, 4) is 11.5 Å². The van der Waals surface area contributed by atoms with Crippen LogP contribution in [0.15, 0.2) is 54.6 Å². The van der Waals surface area contributed by atoms with Crippen LogP contribution in [0.3, 0.4) is 0 Å². The van der Waals surface area contributed by atoms with Crippen LogP contribution in [0.25, 0.3) is 0 Å². The molecule has 0 aromatic heterocycles. The zero-order valence-electron chi connectivity index (χ0n) is 14.4. The highest BCUT2D eigenvalue weighted by Gasteiger charge is 2.19. The molecule has 0 radical (unpaired) electrons. The first-order chi connectivity index (χ1) is 12.6. The predicted molar refractivity (Wildman–Crippen MR) is 93.9 cm³/mol. The fourth-order valence-corrected chi connectivity index (χ4v) is 2.13. The summed E-state index contributed by atoms with van der Waals surface area (Å²) in [6, 6.07) is 15.5. The number of carbonyl (C=O) groups is 2. The Morgan fingerprint density at radius 3 is 2.38 bits per heavy atom.